The maximum absolute atomic E-state index is 12.4. The zero-order chi connectivity index (χ0) is 13.2. The molecule has 98 valence electrons. The van der Waals surface area contributed by atoms with E-state index in [-0.39, 0.29) is 11.3 Å². The van der Waals surface area contributed by atoms with Crippen molar-refractivity contribution < 1.29 is 4.79 Å². The molecule has 0 heterocycles. The molecule has 0 bridgehead atoms. The summed E-state index contributed by atoms with van der Waals surface area (Å²) in [6.45, 7) is 2.09. The Morgan fingerprint density at radius 2 is 2.11 bits per heavy atom. The van der Waals surface area contributed by atoms with Gasteiger partial charge in [0.1, 0.15) is 0 Å². The van der Waals surface area contributed by atoms with Crippen LogP contribution in [0.5, 0.6) is 0 Å². The highest BCUT2D eigenvalue weighted by molar-refractivity contribution is 9.10. The highest BCUT2D eigenvalue weighted by Crippen LogP contribution is 2.42. The van der Waals surface area contributed by atoms with E-state index in [0.717, 1.165) is 36.6 Å². The van der Waals surface area contributed by atoms with Crippen molar-refractivity contribution in [1.82, 2.24) is 0 Å². The first-order chi connectivity index (χ1) is 8.57. The smallest absolute Gasteiger partial charge is 0.230 e. The minimum absolute atomic E-state index is 0.122. The fourth-order valence-corrected chi connectivity index (χ4v) is 3.07. The number of nitrogens with one attached hydrogen (secondary N) is 1. The minimum Gasteiger partial charge on any atom is -0.397 e. The summed E-state index contributed by atoms with van der Waals surface area (Å²) in [7, 11) is 0. The van der Waals surface area contributed by atoms with Gasteiger partial charge in [-0.2, -0.15) is 0 Å². The first-order valence-electron chi connectivity index (χ1n) is 6.44. The highest BCUT2D eigenvalue weighted by atomic mass is 79.9. The molecule has 0 saturated heterocycles. The second-order valence-corrected chi connectivity index (χ2v) is 5.94. The number of hydrogen-bond acceptors (Lipinski definition) is 2. The Morgan fingerprint density at radius 3 is 2.67 bits per heavy atom. The van der Waals surface area contributed by atoms with E-state index in [4.69, 9.17) is 5.73 Å². The third-order valence-electron chi connectivity index (χ3n) is 3.98. The zero-order valence-electron chi connectivity index (χ0n) is 10.6. The Balaban J connectivity index is 2.15. The standard InChI is InChI=1S/C14H19BrN2O/c1-2-14(7-3-4-8-14)13(18)17-12-6-5-10(15)9-11(12)16/h5-6,9H,2-4,7-8,16H2,1H3,(H,17,18). The fraction of sp³-hybridized carbons (Fsp3) is 0.500. The third kappa shape index (κ3) is 2.53. The molecule has 1 aliphatic carbocycles. The van der Waals surface area contributed by atoms with E-state index in [9.17, 15) is 4.79 Å². The first kappa shape index (κ1) is 13.4. The number of benzene rings is 1. The molecule has 0 radical (unpaired) electrons. The average molecular weight is 311 g/mol. The van der Waals surface area contributed by atoms with Crippen molar-refractivity contribution in [3.8, 4) is 0 Å². The normalized spacial score (nSPS) is 17.7. The molecule has 18 heavy (non-hydrogen) atoms. The van der Waals surface area contributed by atoms with Gasteiger partial charge < -0.3 is 11.1 Å². The molecule has 0 spiro atoms. The summed E-state index contributed by atoms with van der Waals surface area (Å²) in [6.07, 6.45) is 5.18. The number of rotatable bonds is 3. The van der Waals surface area contributed by atoms with Gasteiger partial charge in [0, 0.05) is 9.89 Å². The van der Waals surface area contributed by atoms with E-state index in [2.05, 4.69) is 28.2 Å². The molecule has 3 N–H and O–H groups in total. The minimum atomic E-state index is -0.181. The van der Waals surface area contributed by atoms with Gasteiger partial charge in [0.25, 0.3) is 0 Å². The first-order valence-corrected chi connectivity index (χ1v) is 7.23. The van der Waals surface area contributed by atoms with Crippen molar-refractivity contribution >= 4 is 33.2 Å². The van der Waals surface area contributed by atoms with Gasteiger partial charge in [-0.05, 0) is 37.5 Å². The second-order valence-electron chi connectivity index (χ2n) is 5.03. The highest BCUT2D eigenvalue weighted by Gasteiger charge is 2.39. The SMILES string of the molecule is CCC1(C(=O)Nc2ccc(Br)cc2N)CCCC1. The van der Waals surface area contributed by atoms with E-state index in [1.165, 1.54) is 0 Å². The van der Waals surface area contributed by atoms with Gasteiger partial charge in [-0.25, -0.2) is 0 Å². The molecule has 2 rings (SSSR count). The number of amides is 1. The number of carbonyl (C=O) groups is 1. The van der Waals surface area contributed by atoms with Crippen molar-refractivity contribution in [2.45, 2.75) is 39.0 Å². The second kappa shape index (κ2) is 5.31. The van der Waals surface area contributed by atoms with Crippen LogP contribution in [0.3, 0.4) is 0 Å². The maximum atomic E-state index is 12.4. The van der Waals surface area contributed by atoms with Gasteiger partial charge in [0.2, 0.25) is 5.91 Å². The molecule has 4 heteroatoms. The predicted molar refractivity (Wildman–Crippen MR) is 78.4 cm³/mol. The van der Waals surface area contributed by atoms with Crippen molar-refractivity contribution in [1.29, 1.82) is 0 Å². The van der Waals surface area contributed by atoms with Crippen LogP contribution in [0.15, 0.2) is 22.7 Å². The van der Waals surface area contributed by atoms with Gasteiger partial charge >= 0.3 is 0 Å². The lowest BCUT2D eigenvalue weighted by Gasteiger charge is -2.26. The number of halogens is 1. The van der Waals surface area contributed by atoms with E-state index in [0.29, 0.717) is 11.4 Å². The molecule has 1 aliphatic rings. The summed E-state index contributed by atoms with van der Waals surface area (Å²) in [4.78, 5) is 12.4. The number of nitrogens with two attached hydrogens (primary N) is 1. The van der Waals surface area contributed by atoms with E-state index in [1.54, 1.807) is 0 Å². The molecule has 1 aromatic carbocycles. The summed E-state index contributed by atoms with van der Waals surface area (Å²) in [5.41, 5.74) is 7.04. The summed E-state index contributed by atoms with van der Waals surface area (Å²) >= 11 is 3.36. The summed E-state index contributed by atoms with van der Waals surface area (Å²) in [5.74, 6) is 0.122. The van der Waals surface area contributed by atoms with E-state index < -0.39 is 0 Å². The fourth-order valence-electron chi connectivity index (χ4n) is 2.70. The Kier molecular flexibility index (Phi) is 3.95. The lowest BCUT2D eigenvalue weighted by atomic mass is 9.82. The van der Waals surface area contributed by atoms with Crippen LogP contribution < -0.4 is 11.1 Å². The molecule has 3 nitrogen and oxygen atoms in total. The Hall–Kier alpha value is -1.03. The van der Waals surface area contributed by atoms with Crippen LogP contribution in [-0.2, 0) is 4.79 Å². The Morgan fingerprint density at radius 1 is 1.44 bits per heavy atom. The molecular formula is C14H19BrN2O. The average Bonchev–Trinajstić information content (AvgIpc) is 2.82. The van der Waals surface area contributed by atoms with Crippen LogP contribution in [0.4, 0.5) is 11.4 Å². The Labute approximate surface area is 116 Å². The molecule has 0 unspecified atom stereocenters. The van der Waals surface area contributed by atoms with E-state index in [1.807, 2.05) is 18.2 Å². The van der Waals surface area contributed by atoms with E-state index >= 15 is 0 Å². The predicted octanol–water partition coefficient (Wildman–Crippen LogP) is 3.94. The van der Waals surface area contributed by atoms with Gasteiger partial charge in [-0.3, -0.25) is 4.79 Å². The van der Waals surface area contributed by atoms with Gasteiger partial charge in [0.15, 0.2) is 0 Å². The lowest BCUT2D eigenvalue weighted by Crippen LogP contribution is -2.33. The van der Waals surface area contributed by atoms with Crippen molar-refractivity contribution in [3.63, 3.8) is 0 Å². The van der Waals surface area contributed by atoms with Crippen molar-refractivity contribution in [3.05, 3.63) is 22.7 Å². The maximum Gasteiger partial charge on any atom is 0.230 e. The van der Waals surface area contributed by atoms with Gasteiger partial charge in [0.05, 0.1) is 11.4 Å². The number of carbonyl (C=O) groups excluding carboxylic acids is 1. The van der Waals surface area contributed by atoms with Crippen LogP contribution in [0.2, 0.25) is 0 Å². The molecule has 1 fully saturated rings. The molecule has 0 aromatic heterocycles. The molecule has 1 amide bonds. The number of nitrogen functional groups attached to an aromatic ring is 1. The molecule has 1 saturated carbocycles. The van der Waals surface area contributed by atoms with Gasteiger partial charge in [-0.1, -0.05) is 35.7 Å². The van der Waals surface area contributed by atoms with Crippen molar-refractivity contribution in [2.24, 2.45) is 5.41 Å². The van der Waals surface area contributed by atoms with Crippen LogP contribution in [0, 0.1) is 5.41 Å². The monoisotopic (exact) mass is 310 g/mol. The zero-order valence-corrected chi connectivity index (χ0v) is 12.2. The quantitative estimate of drug-likeness (QED) is 0.831. The topological polar surface area (TPSA) is 55.1 Å². The number of hydrogen-bond donors (Lipinski definition) is 2. The van der Waals surface area contributed by atoms with Gasteiger partial charge in [-0.15, -0.1) is 0 Å². The van der Waals surface area contributed by atoms with Crippen LogP contribution in [0.25, 0.3) is 0 Å². The molecule has 0 atom stereocenters. The molecular weight excluding hydrogens is 292 g/mol. The molecule has 1 aromatic rings. The molecule has 0 aliphatic heterocycles. The lowest BCUT2D eigenvalue weighted by molar-refractivity contribution is -0.125. The summed E-state index contributed by atoms with van der Waals surface area (Å²) < 4.78 is 0.920. The third-order valence-corrected chi connectivity index (χ3v) is 4.47. The Bertz CT molecular complexity index is 453. The number of anilines is 2. The van der Waals surface area contributed by atoms with Crippen molar-refractivity contribution in [2.75, 3.05) is 11.1 Å². The summed E-state index contributed by atoms with van der Waals surface area (Å²) in [5, 5.41) is 2.99. The largest absolute Gasteiger partial charge is 0.397 e. The van der Waals surface area contributed by atoms with Crippen LogP contribution in [0.1, 0.15) is 39.0 Å². The van der Waals surface area contributed by atoms with Crippen LogP contribution >= 0.6 is 15.9 Å². The van der Waals surface area contributed by atoms with Crippen LogP contribution in [-0.4, -0.2) is 5.91 Å². The summed E-state index contributed by atoms with van der Waals surface area (Å²) in [6, 6.07) is 5.54.